The fourth-order valence-corrected chi connectivity index (χ4v) is 4.49. The predicted octanol–water partition coefficient (Wildman–Crippen LogP) is 5.16. The number of likely N-dealkylation sites (tertiary alicyclic amines) is 1. The molecule has 158 valence electrons. The van der Waals surface area contributed by atoms with Crippen LogP contribution in [0.2, 0.25) is 0 Å². The average molecular weight is 396 g/mol. The number of anilines is 1. The Morgan fingerprint density at radius 3 is 2.28 bits per heavy atom. The van der Waals surface area contributed by atoms with E-state index in [-0.39, 0.29) is 6.17 Å². The number of piperidine rings is 1. The van der Waals surface area contributed by atoms with Crippen molar-refractivity contribution in [3.05, 3.63) is 58.7 Å². The van der Waals surface area contributed by atoms with Crippen molar-refractivity contribution >= 4 is 5.69 Å². The molecule has 0 bridgehead atoms. The number of nitrogens with one attached hydrogen (secondary N) is 1. The number of hydrogen-bond acceptors (Lipinski definition) is 4. The summed E-state index contributed by atoms with van der Waals surface area (Å²) in [4.78, 5) is 4.75. The lowest BCUT2D eigenvalue weighted by atomic mass is 9.94. The first kappa shape index (κ1) is 21.7. The van der Waals surface area contributed by atoms with E-state index in [1.807, 2.05) is 13.1 Å². The van der Waals surface area contributed by atoms with Crippen molar-refractivity contribution in [3.8, 4) is 5.75 Å². The Labute approximate surface area is 176 Å². The molecular formula is C25H37N3O. The Kier molecular flexibility index (Phi) is 7.20. The van der Waals surface area contributed by atoms with Gasteiger partial charge in [-0.2, -0.15) is 0 Å². The molecule has 2 aromatic carbocycles. The minimum absolute atomic E-state index is 0.0963. The van der Waals surface area contributed by atoms with Crippen LogP contribution in [-0.2, 0) is 6.54 Å². The maximum atomic E-state index is 10.6. The molecule has 4 nitrogen and oxygen atoms in total. The number of hydrogen-bond donors (Lipinski definition) is 2. The zero-order valence-corrected chi connectivity index (χ0v) is 18.7. The van der Waals surface area contributed by atoms with Gasteiger partial charge in [0, 0.05) is 24.8 Å². The number of rotatable bonds is 7. The van der Waals surface area contributed by atoms with Crippen molar-refractivity contribution < 1.29 is 5.11 Å². The van der Waals surface area contributed by atoms with E-state index in [0.29, 0.717) is 11.7 Å². The molecule has 3 rings (SSSR count). The molecule has 1 aliphatic rings. The van der Waals surface area contributed by atoms with Gasteiger partial charge in [-0.1, -0.05) is 32.4 Å². The highest BCUT2D eigenvalue weighted by atomic mass is 16.3. The monoisotopic (exact) mass is 395 g/mol. The van der Waals surface area contributed by atoms with Gasteiger partial charge in [-0.3, -0.25) is 10.2 Å². The van der Waals surface area contributed by atoms with Crippen LogP contribution in [-0.4, -0.2) is 37.2 Å². The summed E-state index contributed by atoms with van der Waals surface area (Å²) in [6, 6.07) is 12.9. The molecule has 1 unspecified atom stereocenters. The van der Waals surface area contributed by atoms with Crippen molar-refractivity contribution in [2.24, 2.45) is 0 Å². The van der Waals surface area contributed by atoms with E-state index in [0.717, 1.165) is 23.4 Å². The Morgan fingerprint density at radius 1 is 1.03 bits per heavy atom. The zero-order chi connectivity index (χ0) is 21.0. The minimum atomic E-state index is -0.0963. The summed E-state index contributed by atoms with van der Waals surface area (Å²) < 4.78 is 0. The normalized spacial score (nSPS) is 16.2. The van der Waals surface area contributed by atoms with Crippen LogP contribution in [0, 0.1) is 6.92 Å². The lowest BCUT2D eigenvalue weighted by Crippen LogP contribution is -2.34. The third kappa shape index (κ3) is 5.12. The Hall–Kier alpha value is -2.04. The van der Waals surface area contributed by atoms with Crippen LogP contribution < -0.4 is 10.2 Å². The van der Waals surface area contributed by atoms with Gasteiger partial charge in [0.15, 0.2) is 0 Å². The molecule has 2 aromatic rings. The first-order valence-corrected chi connectivity index (χ1v) is 11.0. The molecule has 1 fully saturated rings. The molecule has 0 spiro atoms. The molecule has 2 N–H and O–H groups in total. The van der Waals surface area contributed by atoms with E-state index in [1.54, 1.807) is 0 Å². The van der Waals surface area contributed by atoms with Gasteiger partial charge >= 0.3 is 0 Å². The van der Waals surface area contributed by atoms with Gasteiger partial charge in [0.25, 0.3) is 0 Å². The standard InChI is InChI=1S/C25H37N3O/c1-18(2)22-16-23(24(29)15-19(22)3)25(26-4)27(5)21-11-9-20(10-12-21)17-28-13-7-6-8-14-28/h9-12,15-16,18,25-26,29H,6-8,13-14,17H2,1-5H3. The summed E-state index contributed by atoms with van der Waals surface area (Å²) in [6.45, 7) is 9.93. The number of benzene rings is 2. The third-order valence-electron chi connectivity index (χ3n) is 6.19. The lowest BCUT2D eigenvalue weighted by Gasteiger charge is -2.32. The van der Waals surface area contributed by atoms with Crippen molar-refractivity contribution in [2.45, 2.75) is 58.7 Å². The van der Waals surface area contributed by atoms with Crippen LogP contribution >= 0.6 is 0 Å². The molecule has 4 heteroatoms. The second-order valence-corrected chi connectivity index (χ2v) is 8.73. The van der Waals surface area contributed by atoms with Gasteiger partial charge in [-0.15, -0.1) is 0 Å². The fourth-order valence-electron chi connectivity index (χ4n) is 4.49. The van der Waals surface area contributed by atoms with E-state index < -0.39 is 0 Å². The fraction of sp³-hybridized carbons (Fsp3) is 0.520. The molecule has 0 amide bonds. The van der Waals surface area contributed by atoms with Gasteiger partial charge in [-0.25, -0.2) is 0 Å². The summed E-state index contributed by atoms with van der Waals surface area (Å²) in [7, 11) is 4.02. The smallest absolute Gasteiger partial charge is 0.122 e. The first-order valence-electron chi connectivity index (χ1n) is 11.0. The molecule has 1 heterocycles. The summed E-state index contributed by atoms with van der Waals surface area (Å²) in [6.07, 6.45) is 3.92. The summed E-state index contributed by atoms with van der Waals surface area (Å²) in [5.74, 6) is 0.769. The van der Waals surface area contributed by atoms with Crippen molar-refractivity contribution in [2.75, 3.05) is 32.1 Å². The molecular weight excluding hydrogens is 358 g/mol. The van der Waals surface area contributed by atoms with Crippen LogP contribution in [0.4, 0.5) is 5.69 Å². The van der Waals surface area contributed by atoms with Crippen molar-refractivity contribution in [3.63, 3.8) is 0 Å². The van der Waals surface area contributed by atoms with Crippen LogP contribution in [0.15, 0.2) is 36.4 Å². The van der Waals surface area contributed by atoms with E-state index >= 15 is 0 Å². The van der Waals surface area contributed by atoms with Gasteiger partial charge in [-0.05, 0) is 86.8 Å². The predicted molar refractivity (Wildman–Crippen MR) is 123 cm³/mol. The second kappa shape index (κ2) is 9.64. The van der Waals surface area contributed by atoms with E-state index in [2.05, 4.69) is 73.3 Å². The summed E-state index contributed by atoms with van der Waals surface area (Å²) >= 11 is 0. The van der Waals surface area contributed by atoms with Crippen molar-refractivity contribution in [1.82, 2.24) is 10.2 Å². The largest absolute Gasteiger partial charge is 0.508 e. The number of aryl methyl sites for hydroxylation is 1. The van der Waals surface area contributed by atoms with Crippen LogP contribution in [0.1, 0.15) is 67.4 Å². The summed E-state index contributed by atoms with van der Waals surface area (Å²) in [5, 5.41) is 14.0. The number of phenols is 1. The van der Waals surface area contributed by atoms with Crippen LogP contribution in [0.3, 0.4) is 0 Å². The topological polar surface area (TPSA) is 38.7 Å². The van der Waals surface area contributed by atoms with Crippen molar-refractivity contribution in [1.29, 1.82) is 0 Å². The van der Waals surface area contributed by atoms with Gasteiger partial charge in [0.1, 0.15) is 11.9 Å². The quantitative estimate of drug-likeness (QED) is 0.635. The molecule has 1 atom stereocenters. The maximum absolute atomic E-state index is 10.6. The highest BCUT2D eigenvalue weighted by molar-refractivity contribution is 5.52. The average Bonchev–Trinajstić information content (AvgIpc) is 2.71. The number of aromatic hydroxyl groups is 1. The molecule has 1 saturated heterocycles. The maximum Gasteiger partial charge on any atom is 0.122 e. The molecule has 1 aliphatic heterocycles. The first-order chi connectivity index (χ1) is 13.9. The van der Waals surface area contributed by atoms with Gasteiger partial charge in [0.05, 0.1) is 0 Å². The SMILES string of the molecule is CNC(c1cc(C(C)C)c(C)cc1O)N(C)c1ccc(CN2CCCCC2)cc1. The highest BCUT2D eigenvalue weighted by Crippen LogP contribution is 2.34. The Morgan fingerprint density at radius 2 is 1.69 bits per heavy atom. The minimum Gasteiger partial charge on any atom is -0.508 e. The van der Waals surface area contributed by atoms with Crippen LogP contribution in [0.5, 0.6) is 5.75 Å². The van der Waals surface area contributed by atoms with E-state index in [4.69, 9.17) is 0 Å². The highest BCUT2D eigenvalue weighted by Gasteiger charge is 2.21. The molecule has 0 aromatic heterocycles. The molecule has 29 heavy (non-hydrogen) atoms. The number of phenolic OH excluding ortho intramolecular Hbond substituents is 1. The zero-order valence-electron chi connectivity index (χ0n) is 18.7. The molecule has 0 aliphatic carbocycles. The van der Waals surface area contributed by atoms with Gasteiger partial charge in [0.2, 0.25) is 0 Å². The lowest BCUT2D eigenvalue weighted by molar-refractivity contribution is 0.221. The molecule has 0 saturated carbocycles. The third-order valence-corrected chi connectivity index (χ3v) is 6.19. The van der Waals surface area contributed by atoms with E-state index in [9.17, 15) is 5.11 Å². The van der Waals surface area contributed by atoms with E-state index in [1.165, 1.54) is 43.5 Å². The molecule has 0 radical (unpaired) electrons. The number of nitrogens with zero attached hydrogens (tertiary/aromatic N) is 2. The second-order valence-electron chi connectivity index (χ2n) is 8.73. The Bertz CT molecular complexity index is 794. The Balaban J connectivity index is 1.79. The van der Waals surface area contributed by atoms with Crippen LogP contribution in [0.25, 0.3) is 0 Å². The van der Waals surface area contributed by atoms with Gasteiger partial charge < -0.3 is 10.0 Å². The summed E-state index contributed by atoms with van der Waals surface area (Å²) in [5.41, 5.74) is 5.84.